The molecule has 4 aliphatic rings. The van der Waals surface area contributed by atoms with E-state index in [0.29, 0.717) is 43.6 Å². The zero-order valence-corrected chi connectivity index (χ0v) is 29.1. The number of hydrogen-bond donors (Lipinski definition) is 1. The second-order valence-electron chi connectivity index (χ2n) is 13.4. The molecule has 1 aliphatic heterocycles. The molecule has 44 heavy (non-hydrogen) atoms. The van der Waals surface area contributed by atoms with Gasteiger partial charge in [0.1, 0.15) is 5.78 Å². The quantitative estimate of drug-likeness (QED) is 0.247. The van der Waals surface area contributed by atoms with Gasteiger partial charge in [-0.15, -0.1) is 0 Å². The first-order valence-electron chi connectivity index (χ1n) is 15.9. The minimum Gasteiger partial charge on any atom is -0.334 e. The number of benzene rings is 1. The first-order valence-corrected chi connectivity index (χ1v) is 17.9. The van der Waals surface area contributed by atoms with Crippen molar-refractivity contribution in [3.8, 4) is 0 Å². The van der Waals surface area contributed by atoms with Gasteiger partial charge in [-0.3, -0.25) is 24.2 Å². The van der Waals surface area contributed by atoms with Crippen molar-refractivity contribution in [3.63, 3.8) is 0 Å². The van der Waals surface area contributed by atoms with Gasteiger partial charge >= 0.3 is 11.8 Å². The number of halogens is 3. The van der Waals surface area contributed by atoms with E-state index < -0.39 is 11.8 Å². The molecule has 2 saturated carbocycles. The van der Waals surface area contributed by atoms with Gasteiger partial charge < -0.3 is 4.90 Å². The normalized spacial score (nSPS) is 26.7. The Hall–Kier alpha value is -1.81. The number of carbonyl (C=O) groups excluding carboxylic acids is 3. The topological polar surface area (TPSA) is 88.6 Å². The molecular weight excluding hydrogens is 710 g/mol. The number of aromatic nitrogens is 1. The lowest BCUT2D eigenvalue weighted by Gasteiger charge is -2.33. The zero-order valence-electron chi connectivity index (χ0n) is 25.2. The first-order chi connectivity index (χ1) is 21.2. The number of likely N-dealkylation sites (tertiary alicyclic amines) is 1. The van der Waals surface area contributed by atoms with Crippen LogP contribution in [0.4, 0.5) is 0 Å². The molecule has 236 valence electrons. The molecular formula is C34H40Br2ClN3O4. The smallest absolute Gasteiger partial charge is 0.333 e. The van der Waals surface area contributed by atoms with Crippen LogP contribution in [-0.4, -0.2) is 47.7 Å². The third-order valence-corrected chi connectivity index (χ3v) is 12.0. The number of pyridine rings is 1. The Bertz CT molecular complexity index is 1450. The molecule has 3 fully saturated rings. The van der Waals surface area contributed by atoms with Crippen molar-refractivity contribution in [1.82, 2.24) is 15.4 Å². The summed E-state index contributed by atoms with van der Waals surface area (Å²) in [4.78, 5) is 48.5. The van der Waals surface area contributed by atoms with Gasteiger partial charge in [0.05, 0.1) is 12.8 Å². The van der Waals surface area contributed by atoms with Gasteiger partial charge in [0, 0.05) is 52.0 Å². The van der Waals surface area contributed by atoms with Crippen molar-refractivity contribution in [2.75, 3.05) is 20.2 Å². The molecule has 2 amide bonds. The maximum atomic E-state index is 13.3. The third-order valence-electron chi connectivity index (χ3n) is 10.7. The molecule has 2 aromatic rings. The lowest BCUT2D eigenvalue weighted by atomic mass is 9.73. The SMILES string of the molecule is CONC(=O)C(=O)N1CCC(CC(=O)CC23CCCC([C@H]4c5ncc(Br)cc5CCc5cc(Cl)cc(Br)c54)CCC2C3)CC1. The summed E-state index contributed by atoms with van der Waals surface area (Å²) >= 11 is 14.1. The summed E-state index contributed by atoms with van der Waals surface area (Å²) in [5.41, 5.74) is 7.49. The number of Topliss-reactive ketones (excluding diaryl/α,β-unsaturated/α-hetero) is 1. The van der Waals surface area contributed by atoms with Crippen LogP contribution >= 0.6 is 43.5 Å². The predicted molar refractivity (Wildman–Crippen MR) is 176 cm³/mol. The predicted octanol–water partition coefficient (Wildman–Crippen LogP) is 7.34. The Morgan fingerprint density at radius 3 is 2.61 bits per heavy atom. The first kappa shape index (κ1) is 32.1. The van der Waals surface area contributed by atoms with E-state index in [1.165, 1.54) is 29.5 Å². The molecule has 0 spiro atoms. The molecule has 3 aliphatic carbocycles. The molecule has 7 nitrogen and oxygen atoms in total. The van der Waals surface area contributed by atoms with Gasteiger partial charge in [-0.25, -0.2) is 5.48 Å². The van der Waals surface area contributed by atoms with Crippen molar-refractivity contribution in [2.24, 2.45) is 23.2 Å². The Kier molecular flexibility index (Phi) is 9.87. The van der Waals surface area contributed by atoms with Gasteiger partial charge in [0.25, 0.3) is 0 Å². The molecule has 1 aromatic heterocycles. The van der Waals surface area contributed by atoms with E-state index in [1.807, 2.05) is 12.3 Å². The highest BCUT2D eigenvalue weighted by Gasteiger charge is 2.54. The number of rotatable bonds is 6. The van der Waals surface area contributed by atoms with E-state index in [2.05, 4.69) is 54.3 Å². The number of aryl methyl sites for hydroxylation is 2. The van der Waals surface area contributed by atoms with E-state index >= 15 is 0 Å². The van der Waals surface area contributed by atoms with E-state index in [4.69, 9.17) is 16.6 Å². The zero-order chi connectivity index (χ0) is 31.0. The summed E-state index contributed by atoms with van der Waals surface area (Å²) in [6.45, 7) is 1.01. The molecule has 2 heterocycles. The van der Waals surface area contributed by atoms with E-state index in [9.17, 15) is 14.4 Å². The lowest BCUT2D eigenvalue weighted by molar-refractivity contribution is -0.152. The highest BCUT2D eigenvalue weighted by Crippen LogP contribution is 2.63. The Morgan fingerprint density at radius 1 is 1.07 bits per heavy atom. The average molecular weight is 750 g/mol. The van der Waals surface area contributed by atoms with Crippen molar-refractivity contribution in [1.29, 1.82) is 0 Å². The average Bonchev–Trinajstić information content (AvgIpc) is 3.67. The molecule has 0 bridgehead atoms. The van der Waals surface area contributed by atoms with Gasteiger partial charge in [-0.05, 0) is 132 Å². The molecule has 4 atom stereocenters. The number of hydrogen-bond acceptors (Lipinski definition) is 5. The number of hydroxylamine groups is 1. The molecule has 1 saturated heterocycles. The standard InChI is InChI=1S/C34H40Br2ClN3O4/c1-44-39-32(42)33(43)40-11-8-20(9-12-40)13-27(41)18-34-10-2-3-21(6-7-24(34)17-34)30-29-22(15-26(37)16-28(29)36)4-5-23-14-25(35)19-38-31(23)30/h14-16,19-21,24,30H,2-13,17-18H2,1H3,(H,39,42)/t21?,24?,30-,34?/m1/s1. The molecule has 1 N–H and O–H groups in total. The van der Waals surface area contributed by atoms with E-state index in [-0.39, 0.29) is 17.3 Å². The summed E-state index contributed by atoms with van der Waals surface area (Å²) in [5, 5.41) is 0.771. The number of nitrogens with one attached hydrogen (secondary N) is 1. The summed E-state index contributed by atoms with van der Waals surface area (Å²) < 4.78 is 2.11. The van der Waals surface area contributed by atoms with Gasteiger partial charge in [0.15, 0.2) is 0 Å². The number of nitrogens with zero attached hydrogens (tertiary/aromatic N) is 2. The second-order valence-corrected chi connectivity index (χ2v) is 15.6. The molecule has 6 rings (SSSR count). The Morgan fingerprint density at radius 2 is 1.84 bits per heavy atom. The summed E-state index contributed by atoms with van der Waals surface area (Å²) in [6, 6.07) is 6.43. The molecule has 3 unspecified atom stereocenters. The number of carbonyl (C=O) groups is 3. The summed E-state index contributed by atoms with van der Waals surface area (Å²) in [6.07, 6.45) is 13.5. The van der Waals surface area contributed by atoms with E-state index in [1.54, 1.807) is 4.90 Å². The number of piperidine rings is 1. The minimum atomic E-state index is -0.749. The van der Waals surface area contributed by atoms with Gasteiger partial charge in [-0.1, -0.05) is 34.0 Å². The molecule has 0 radical (unpaired) electrons. The van der Waals surface area contributed by atoms with E-state index in [0.717, 1.165) is 78.2 Å². The monoisotopic (exact) mass is 747 g/mol. The van der Waals surface area contributed by atoms with Crippen LogP contribution in [0.3, 0.4) is 0 Å². The van der Waals surface area contributed by atoms with Crippen LogP contribution in [0.25, 0.3) is 0 Å². The van der Waals surface area contributed by atoms with Crippen LogP contribution in [0.5, 0.6) is 0 Å². The van der Waals surface area contributed by atoms with Crippen LogP contribution in [0, 0.1) is 23.2 Å². The highest BCUT2D eigenvalue weighted by molar-refractivity contribution is 9.10. The minimum absolute atomic E-state index is 0.174. The van der Waals surface area contributed by atoms with Crippen molar-refractivity contribution in [3.05, 3.63) is 60.7 Å². The third kappa shape index (κ3) is 6.81. The van der Waals surface area contributed by atoms with Crippen LogP contribution in [0.2, 0.25) is 5.02 Å². The summed E-state index contributed by atoms with van der Waals surface area (Å²) in [5.74, 6) is 0.663. The highest BCUT2D eigenvalue weighted by atomic mass is 79.9. The van der Waals surface area contributed by atoms with Crippen LogP contribution in [-0.2, 0) is 32.1 Å². The fourth-order valence-corrected chi connectivity index (χ4v) is 10.00. The van der Waals surface area contributed by atoms with Crippen LogP contribution in [0.1, 0.15) is 92.5 Å². The van der Waals surface area contributed by atoms with Crippen LogP contribution in [0.15, 0.2) is 33.3 Å². The van der Waals surface area contributed by atoms with Crippen molar-refractivity contribution >= 4 is 61.1 Å². The fraction of sp³-hybridized carbons (Fsp3) is 0.588. The fourth-order valence-electron chi connectivity index (χ4n) is 8.50. The summed E-state index contributed by atoms with van der Waals surface area (Å²) in [7, 11) is 1.31. The van der Waals surface area contributed by atoms with Crippen molar-refractivity contribution < 1.29 is 19.2 Å². The number of amides is 2. The number of ketones is 1. The number of fused-ring (bicyclic) bond motifs is 3. The molecule has 1 aromatic carbocycles. The van der Waals surface area contributed by atoms with Gasteiger partial charge in [0.2, 0.25) is 0 Å². The van der Waals surface area contributed by atoms with Crippen LogP contribution < -0.4 is 5.48 Å². The Balaban J connectivity index is 1.08. The maximum absolute atomic E-state index is 13.3. The molecule has 10 heteroatoms. The maximum Gasteiger partial charge on any atom is 0.333 e. The van der Waals surface area contributed by atoms with Gasteiger partial charge in [-0.2, -0.15) is 0 Å². The second kappa shape index (κ2) is 13.5. The Labute approximate surface area is 281 Å². The largest absolute Gasteiger partial charge is 0.334 e. The lowest BCUT2D eigenvalue weighted by Crippen LogP contribution is -2.46. The van der Waals surface area contributed by atoms with Crippen molar-refractivity contribution in [2.45, 2.75) is 83.0 Å².